The second-order valence-corrected chi connectivity index (χ2v) is 13.2. The molecule has 214 valence electrons. The van der Waals surface area contributed by atoms with Crippen molar-refractivity contribution in [1.29, 1.82) is 0 Å². The van der Waals surface area contributed by atoms with Gasteiger partial charge >= 0.3 is 0 Å². The molecule has 0 spiro atoms. The van der Waals surface area contributed by atoms with Gasteiger partial charge in [-0.25, -0.2) is 8.42 Å². The Hall–Kier alpha value is -2.60. The van der Waals surface area contributed by atoms with Crippen LogP contribution in [-0.2, 0) is 20.7 Å². The van der Waals surface area contributed by atoms with Crippen molar-refractivity contribution in [2.75, 3.05) is 13.1 Å². The van der Waals surface area contributed by atoms with Gasteiger partial charge in [0.15, 0.2) is 6.04 Å². The van der Waals surface area contributed by atoms with Gasteiger partial charge in [-0.3, -0.25) is 4.79 Å². The number of carbonyl (C=O) groups is 1. The lowest BCUT2D eigenvalue weighted by molar-refractivity contribution is -0.145. The molecule has 2 fully saturated rings. The summed E-state index contributed by atoms with van der Waals surface area (Å²) in [6.07, 6.45) is 5.69. The van der Waals surface area contributed by atoms with Crippen LogP contribution in [-0.4, -0.2) is 50.5 Å². The first-order chi connectivity index (χ1) is 19.0. The molecule has 3 N–H and O–H groups in total. The molecule has 1 saturated carbocycles. The third-order valence-corrected chi connectivity index (χ3v) is 9.53. The van der Waals surface area contributed by atoms with Gasteiger partial charge in [0.2, 0.25) is 15.9 Å². The molecule has 0 radical (unpaired) electrons. The van der Waals surface area contributed by atoms with Gasteiger partial charge in [0.25, 0.3) is 5.92 Å². The first-order valence-corrected chi connectivity index (χ1v) is 15.7. The Bertz CT molecular complexity index is 1480. The summed E-state index contributed by atoms with van der Waals surface area (Å²) in [7, 11) is -4.53. The highest BCUT2D eigenvalue weighted by Crippen LogP contribution is 2.35. The molecule has 0 aromatic heterocycles. The van der Waals surface area contributed by atoms with Crippen LogP contribution >= 0.6 is 15.9 Å². The molecule has 40 heavy (non-hydrogen) atoms. The highest BCUT2D eigenvalue weighted by atomic mass is 79.9. The minimum absolute atomic E-state index is 0.0781. The van der Waals surface area contributed by atoms with Crippen LogP contribution in [0.3, 0.4) is 0 Å². The quantitative estimate of drug-likeness (QED) is 0.349. The number of halogens is 3. The fraction of sp³-hybridized carbons (Fsp3) is 0.414. The zero-order valence-corrected chi connectivity index (χ0v) is 24.3. The van der Waals surface area contributed by atoms with Crippen LogP contribution in [0.15, 0.2) is 70.0 Å². The molecule has 1 aliphatic carbocycles. The number of likely N-dealkylation sites (tertiary alicyclic amines) is 1. The molecular weight excluding hydrogens is 604 g/mol. The average Bonchev–Trinajstić information content (AvgIpc) is 3.44. The first-order valence-electron chi connectivity index (χ1n) is 13.4. The minimum Gasteiger partial charge on any atom is -0.490 e. The Kier molecular flexibility index (Phi) is 8.47. The van der Waals surface area contributed by atoms with Crippen molar-refractivity contribution in [3.63, 3.8) is 0 Å². The molecule has 0 bridgehead atoms. The van der Waals surface area contributed by atoms with E-state index in [0.717, 1.165) is 31.1 Å². The van der Waals surface area contributed by atoms with Gasteiger partial charge in [-0.05, 0) is 85.7 Å². The smallest absolute Gasteiger partial charge is 0.298 e. The van der Waals surface area contributed by atoms with Crippen LogP contribution < -0.4 is 15.2 Å². The zero-order valence-electron chi connectivity index (χ0n) is 21.9. The van der Waals surface area contributed by atoms with Crippen molar-refractivity contribution in [3.05, 3.63) is 70.7 Å². The Labute approximate surface area is 241 Å². The number of hydrogen-bond acceptors (Lipinski definition) is 5. The Morgan fingerprint density at radius 1 is 1.00 bits per heavy atom. The number of amides is 1. The molecule has 1 amide bonds. The number of piperidine rings is 1. The molecule has 2 unspecified atom stereocenters. The SMILES string of the molecule is NC1CCCN(C(=O)C(NS(=O)(=O)c2ccc3cc(OC4CCCC4)ccc3c2)C(F)(F)c2ccc(Br)cc2)C1. The molecule has 11 heteroatoms. The average molecular weight is 637 g/mol. The van der Waals surface area contributed by atoms with Crippen LogP contribution in [0.1, 0.15) is 44.1 Å². The van der Waals surface area contributed by atoms with E-state index in [2.05, 4.69) is 20.7 Å². The lowest BCUT2D eigenvalue weighted by atomic mass is 9.99. The van der Waals surface area contributed by atoms with Crippen LogP contribution in [0.2, 0.25) is 0 Å². The summed E-state index contributed by atoms with van der Waals surface area (Å²) in [5, 5.41) is 1.36. The number of rotatable bonds is 8. The van der Waals surface area contributed by atoms with Crippen molar-refractivity contribution >= 4 is 42.6 Å². The van der Waals surface area contributed by atoms with Crippen molar-refractivity contribution in [3.8, 4) is 5.75 Å². The lowest BCUT2D eigenvalue weighted by Crippen LogP contribution is -2.58. The van der Waals surface area contributed by atoms with Crippen molar-refractivity contribution in [2.45, 2.75) is 67.5 Å². The summed E-state index contributed by atoms with van der Waals surface area (Å²) in [6.45, 7) is 0.303. The maximum absolute atomic E-state index is 15.9. The summed E-state index contributed by atoms with van der Waals surface area (Å²) >= 11 is 3.22. The topological polar surface area (TPSA) is 102 Å². The van der Waals surface area contributed by atoms with E-state index in [0.29, 0.717) is 28.5 Å². The standard InChI is InChI=1S/C29H32BrF2N3O4S/c30-22-11-9-21(10-12-22)29(31,32)27(28(36)35-15-3-4-23(33)18-35)34-40(37,38)26-14-8-19-16-25(13-7-20(19)17-26)39-24-5-1-2-6-24/h7-14,16-17,23-24,27,34H,1-6,15,18,33H2. The Morgan fingerprint density at radius 3 is 2.38 bits per heavy atom. The van der Waals surface area contributed by atoms with Crippen LogP contribution in [0, 0.1) is 0 Å². The van der Waals surface area contributed by atoms with Gasteiger partial charge in [0.05, 0.1) is 11.0 Å². The summed E-state index contributed by atoms with van der Waals surface area (Å²) < 4.78 is 67.5. The number of nitrogens with two attached hydrogens (primary N) is 1. The largest absolute Gasteiger partial charge is 0.490 e. The number of nitrogens with zero attached hydrogens (tertiary/aromatic N) is 1. The third kappa shape index (κ3) is 6.32. The van der Waals surface area contributed by atoms with Crippen molar-refractivity contribution in [1.82, 2.24) is 9.62 Å². The van der Waals surface area contributed by atoms with Crippen LogP contribution in [0.5, 0.6) is 5.75 Å². The first kappa shape index (κ1) is 28.9. The summed E-state index contributed by atoms with van der Waals surface area (Å²) in [5.41, 5.74) is 5.51. The van der Waals surface area contributed by atoms with Crippen LogP contribution in [0.4, 0.5) is 8.78 Å². The van der Waals surface area contributed by atoms with E-state index in [1.54, 1.807) is 18.2 Å². The molecule has 7 nitrogen and oxygen atoms in total. The summed E-state index contributed by atoms with van der Waals surface area (Å²) in [4.78, 5) is 14.5. The molecule has 2 aliphatic rings. The van der Waals surface area contributed by atoms with Gasteiger partial charge in [0.1, 0.15) is 5.75 Å². The third-order valence-electron chi connectivity index (χ3n) is 7.58. The summed E-state index contributed by atoms with van der Waals surface area (Å²) in [5.74, 6) is -4.15. The maximum Gasteiger partial charge on any atom is 0.298 e. The molecule has 3 aromatic rings. The number of nitrogens with one attached hydrogen (secondary N) is 1. The lowest BCUT2D eigenvalue weighted by Gasteiger charge is -2.36. The number of ether oxygens (including phenoxy) is 1. The van der Waals surface area contributed by atoms with Gasteiger partial charge in [-0.2, -0.15) is 13.5 Å². The number of benzene rings is 3. The number of hydrogen-bond donors (Lipinski definition) is 2. The molecular formula is C29H32BrF2N3O4S. The molecule has 1 saturated heterocycles. The molecule has 2 atom stereocenters. The van der Waals surface area contributed by atoms with E-state index in [1.807, 2.05) is 6.07 Å². The highest BCUT2D eigenvalue weighted by molar-refractivity contribution is 9.10. The Morgan fingerprint density at radius 2 is 1.68 bits per heavy atom. The number of sulfonamides is 1. The van der Waals surface area contributed by atoms with E-state index < -0.39 is 33.5 Å². The zero-order chi connectivity index (χ0) is 28.5. The van der Waals surface area contributed by atoms with Crippen molar-refractivity contribution < 1.29 is 26.7 Å². The number of carbonyl (C=O) groups excluding carboxylic acids is 1. The molecule has 1 heterocycles. The van der Waals surface area contributed by atoms with E-state index in [1.165, 1.54) is 41.3 Å². The summed E-state index contributed by atoms with van der Waals surface area (Å²) in [6, 6.07) is 12.2. The van der Waals surface area contributed by atoms with Gasteiger partial charge in [-0.1, -0.05) is 40.2 Å². The highest BCUT2D eigenvalue weighted by Gasteiger charge is 2.50. The van der Waals surface area contributed by atoms with Crippen LogP contribution in [0.25, 0.3) is 10.8 Å². The number of alkyl halides is 2. The minimum atomic E-state index is -4.53. The number of fused-ring (bicyclic) bond motifs is 1. The predicted octanol–water partition coefficient (Wildman–Crippen LogP) is 5.31. The fourth-order valence-electron chi connectivity index (χ4n) is 5.38. The second-order valence-electron chi connectivity index (χ2n) is 10.6. The van der Waals surface area contributed by atoms with Crippen molar-refractivity contribution in [2.24, 2.45) is 5.73 Å². The van der Waals surface area contributed by atoms with E-state index in [-0.39, 0.29) is 30.1 Å². The van der Waals surface area contributed by atoms with Gasteiger partial charge in [-0.15, -0.1) is 0 Å². The van der Waals surface area contributed by atoms with E-state index >= 15 is 8.78 Å². The van der Waals surface area contributed by atoms with Gasteiger partial charge < -0.3 is 15.4 Å². The second kappa shape index (κ2) is 11.7. The maximum atomic E-state index is 15.9. The van der Waals surface area contributed by atoms with E-state index in [4.69, 9.17) is 10.5 Å². The normalized spacial score (nSPS) is 19.6. The van der Waals surface area contributed by atoms with Gasteiger partial charge in [0, 0.05) is 29.2 Å². The van der Waals surface area contributed by atoms with E-state index in [9.17, 15) is 13.2 Å². The predicted molar refractivity (Wildman–Crippen MR) is 153 cm³/mol. The fourth-order valence-corrected chi connectivity index (χ4v) is 6.86. The monoisotopic (exact) mass is 635 g/mol. The Balaban J connectivity index is 1.44. The molecule has 5 rings (SSSR count). The molecule has 1 aliphatic heterocycles. The molecule has 3 aromatic carbocycles.